The van der Waals surface area contributed by atoms with Crippen LogP contribution in [0.4, 0.5) is 11.4 Å². The minimum atomic E-state index is -3.82. The van der Waals surface area contributed by atoms with Crippen molar-refractivity contribution in [2.24, 2.45) is 5.92 Å². The third-order valence-corrected chi connectivity index (χ3v) is 10.3. The first-order chi connectivity index (χ1) is 16.1. The molecule has 2 heterocycles. The van der Waals surface area contributed by atoms with Gasteiger partial charge in [-0.1, -0.05) is 17.7 Å². The quantitative estimate of drug-likeness (QED) is 0.466. The van der Waals surface area contributed by atoms with Crippen molar-refractivity contribution in [2.45, 2.75) is 21.9 Å². The van der Waals surface area contributed by atoms with Crippen LogP contribution in [-0.4, -0.2) is 40.1 Å². The monoisotopic (exact) mass is 539 g/mol. The van der Waals surface area contributed by atoms with E-state index in [1.807, 2.05) is 0 Å². The molecule has 0 unspecified atom stereocenters. The van der Waals surface area contributed by atoms with Gasteiger partial charge < -0.3 is 5.32 Å². The lowest BCUT2D eigenvalue weighted by Crippen LogP contribution is -2.43. The second kappa shape index (κ2) is 10.0. The molecule has 0 bridgehead atoms. The Kier molecular flexibility index (Phi) is 7.29. The maximum atomic E-state index is 12.8. The van der Waals surface area contributed by atoms with Crippen LogP contribution in [0.2, 0.25) is 5.02 Å². The molecule has 2 aromatic carbocycles. The number of hydrogen-bond acceptors (Lipinski definition) is 6. The van der Waals surface area contributed by atoms with E-state index in [0.717, 1.165) is 11.3 Å². The van der Waals surface area contributed by atoms with Gasteiger partial charge >= 0.3 is 0 Å². The molecule has 180 valence electrons. The largest absolute Gasteiger partial charge is 0.326 e. The van der Waals surface area contributed by atoms with Gasteiger partial charge in [-0.25, -0.2) is 16.8 Å². The van der Waals surface area contributed by atoms with Crippen molar-refractivity contribution in [3.8, 4) is 0 Å². The van der Waals surface area contributed by atoms with Gasteiger partial charge in [0, 0.05) is 29.5 Å². The van der Waals surface area contributed by atoms with Gasteiger partial charge in [0.1, 0.15) is 4.21 Å². The highest BCUT2D eigenvalue weighted by atomic mass is 35.5. The topological polar surface area (TPSA) is 113 Å². The van der Waals surface area contributed by atoms with E-state index in [4.69, 9.17) is 11.6 Å². The zero-order chi connectivity index (χ0) is 24.3. The van der Waals surface area contributed by atoms with Crippen LogP contribution in [-0.2, 0) is 24.8 Å². The molecule has 0 radical (unpaired) electrons. The van der Waals surface area contributed by atoms with E-state index in [2.05, 4.69) is 10.0 Å². The van der Waals surface area contributed by atoms with Gasteiger partial charge in [0.2, 0.25) is 5.91 Å². The Morgan fingerprint density at radius 3 is 2.29 bits per heavy atom. The number of nitrogens with one attached hydrogen (secondary N) is 2. The summed E-state index contributed by atoms with van der Waals surface area (Å²) in [4.78, 5) is 12.8. The summed E-state index contributed by atoms with van der Waals surface area (Å²) >= 11 is 6.97. The van der Waals surface area contributed by atoms with Crippen molar-refractivity contribution >= 4 is 60.3 Å². The number of anilines is 2. The van der Waals surface area contributed by atoms with Crippen molar-refractivity contribution in [3.63, 3.8) is 0 Å². The summed E-state index contributed by atoms with van der Waals surface area (Å²) in [5.41, 5.74) is 0.801. The number of nitrogens with zero attached hydrogens (tertiary/aromatic N) is 1. The van der Waals surface area contributed by atoms with Crippen LogP contribution < -0.4 is 10.0 Å². The van der Waals surface area contributed by atoms with Crippen molar-refractivity contribution in [2.75, 3.05) is 23.1 Å². The molecule has 1 aromatic heterocycles. The second-order valence-electron chi connectivity index (χ2n) is 7.76. The Morgan fingerprint density at radius 1 is 0.971 bits per heavy atom. The van der Waals surface area contributed by atoms with Crippen LogP contribution in [0.25, 0.3) is 0 Å². The highest BCUT2D eigenvalue weighted by Gasteiger charge is 2.33. The standard InChI is InChI=1S/C22H22ClN3O5S3/c23-17-5-7-19(8-6-17)25-33(28,29)20-11-9-18(10-12-20)24-22(27)16-3-1-13-26(15-16)34(30,31)21-4-2-14-32-21/h2,4-12,14,16,25H,1,3,13,15H2,(H,24,27)/t16-/m1/s1. The highest BCUT2D eigenvalue weighted by Crippen LogP contribution is 2.27. The number of piperidine rings is 1. The number of thiophene rings is 1. The molecule has 0 saturated carbocycles. The van der Waals surface area contributed by atoms with E-state index in [1.54, 1.807) is 41.8 Å². The smallest absolute Gasteiger partial charge is 0.261 e. The molecule has 0 aliphatic carbocycles. The summed E-state index contributed by atoms with van der Waals surface area (Å²) < 4.78 is 54.9. The number of sulfonamides is 2. The van der Waals surface area contributed by atoms with Gasteiger partial charge in [0.25, 0.3) is 20.0 Å². The SMILES string of the molecule is O=C(Nc1ccc(S(=O)(=O)Nc2ccc(Cl)cc2)cc1)[C@@H]1CCCN(S(=O)(=O)c2cccs2)C1. The maximum absolute atomic E-state index is 12.8. The van der Waals surface area contributed by atoms with Crippen molar-refractivity contribution in [1.82, 2.24) is 4.31 Å². The number of rotatable bonds is 7. The normalized spacial score (nSPS) is 17.3. The predicted molar refractivity (Wildman–Crippen MR) is 133 cm³/mol. The van der Waals surface area contributed by atoms with Gasteiger partial charge in [-0.05, 0) is 72.8 Å². The van der Waals surface area contributed by atoms with E-state index < -0.39 is 26.0 Å². The van der Waals surface area contributed by atoms with Crippen LogP contribution in [0.5, 0.6) is 0 Å². The molecule has 0 spiro atoms. The summed E-state index contributed by atoms with van der Waals surface area (Å²) in [6.07, 6.45) is 1.15. The van der Waals surface area contributed by atoms with E-state index in [-0.39, 0.29) is 21.6 Å². The number of carbonyl (C=O) groups is 1. The van der Waals surface area contributed by atoms with E-state index in [0.29, 0.717) is 35.8 Å². The Bertz CT molecular complexity index is 1360. The summed E-state index contributed by atoms with van der Waals surface area (Å²) in [6, 6.07) is 15.3. The van der Waals surface area contributed by atoms with Crippen molar-refractivity contribution < 1.29 is 21.6 Å². The number of hydrogen-bond donors (Lipinski definition) is 2. The predicted octanol–water partition coefficient (Wildman–Crippen LogP) is 4.24. The molecule has 3 aromatic rings. The first-order valence-corrected chi connectivity index (χ1v) is 14.6. The van der Waals surface area contributed by atoms with Gasteiger partial charge in [0.15, 0.2) is 0 Å². The van der Waals surface area contributed by atoms with Crippen molar-refractivity contribution in [1.29, 1.82) is 0 Å². The summed E-state index contributed by atoms with van der Waals surface area (Å²) in [5, 5.41) is 4.96. The van der Waals surface area contributed by atoms with Gasteiger partial charge in [-0.2, -0.15) is 4.31 Å². The average Bonchev–Trinajstić information content (AvgIpc) is 3.37. The van der Waals surface area contributed by atoms with Crippen molar-refractivity contribution in [3.05, 3.63) is 71.1 Å². The minimum Gasteiger partial charge on any atom is -0.326 e. The first-order valence-electron chi connectivity index (χ1n) is 10.4. The molecule has 1 amide bonds. The fourth-order valence-electron chi connectivity index (χ4n) is 3.61. The van der Waals surface area contributed by atoms with E-state index in [9.17, 15) is 21.6 Å². The van der Waals surface area contributed by atoms with Crippen LogP contribution >= 0.6 is 22.9 Å². The van der Waals surface area contributed by atoms with Gasteiger partial charge in [-0.3, -0.25) is 9.52 Å². The average molecular weight is 540 g/mol. The Hall–Kier alpha value is -2.44. The molecular formula is C22H22ClN3O5S3. The Morgan fingerprint density at radius 2 is 1.65 bits per heavy atom. The lowest BCUT2D eigenvalue weighted by Gasteiger charge is -2.30. The van der Waals surface area contributed by atoms with Crippen LogP contribution in [0.3, 0.4) is 0 Å². The Labute approximate surface area is 207 Å². The zero-order valence-corrected chi connectivity index (χ0v) is 21.1. The lowest BCUT2D eigenvalue weighted by atomic mass is 9.99. The van der Waals surface area contributed by atoms with Crippen LogP contribution in [0.1, 0.15) is 12.8 Å². The summed E-state index contributed by atoms with van der Waals surface area (Å²) in [5.74, 6) is -0.806. The first kappa shape index (κ1) is 24.7. The molecule has 1 aliphatic heterocycles. The van der Waals surface area contributed by atoms with Crippen LogP contribution in [0.15, 0.2) is 75.1 Å². The van der Waals surface area contributed by atoms with E-state index in [1.165, 1.54) is 28.6 Å². The Balaban J connectivity index is 1.40. The molecule has 1 fully saturated rings. The van der Waals surface area contributed by atoms with Gasteiger partial charge in [0.05, 0.1) is 10.8 Å². The fraction of sp³-hybridized carbons (Fsp3) is 0.227. The number of halogens is 1. The maximum Gasteiger partial charge on any atom is 0.261 e. The lowest BCUT2D eigenvalue weighted by molar-refractivity contribution is -0.120. The molecule has 34 heavy (non-hydrogen) atoms. The number of amides is 1. The molecule has 1 atom stereocenters. The minimum absolute atomic E-state index is 0.0336. The zero-order valence-electron chi connectivity index (χ0n) is 17.8. The highest BCUT2D eigenvalue weighted by molar-refractivity contribution is 7.92. The summed E-state index contributed by atoms with van der Waals surface area (Å²) in [7, 11) is -7.43. The number of carbonyl (C=O) groups excluding carboxylic acids is 1. The van der Waals surface area contributed by atoms with Crippen LogP contribution in [0, 0.1) is 5.92 Å². The molecular weight excluding hydrogens is 518 g/mol. The third-order valence-electron chi connectivity index (χ3n) is 5.37. The molecule has 4 rings (SSSR count). The second-order valence-corrected chi connectivity index (χ2v) is 13.0. The molecule has 1 aliphatic rings. The molecule has 8 nitrogen and oxygen atoms in total. The van der Waals surface area contributed by atoms with Gasteiger partial charge in [-0.15, -0.1) is 11.3 Å². The number of benzene rings is 2. The fourth-order valence-corrected chi connectivity index (χ4v) is 7.46. The molecule has 12 heteroatoms. The molecule has 1 saturated heterocycles. The van der Waals surface area contributed by atoms with E-state index >= 15 is 0 Å². The third kappa shape index (κ3) is 5.61. The molecule has 2 N–H and O–H groups in total. The summed E-state index contributed by atoms with van der Waals surface area (Å²) in [6.45, 7) is 0.473.